The monoisotopic (exact) mass is 260 g/mol. The Morgan fingerprint density at radius 1 is 1.32 bits per heavy atom. The molecule has 1 saturated carbocycles. The molecular weight excluding hydrogens is 240 g/mol. The lowest BCUT2D eigenvalue weighted by molar-refractivity contribution is 0.153. The van der Waals surface area contributed by atoms with Crippen LogP contribution in [0.5, 0.6) is 11.5 Å². The average Bonchev–Trinajstić information content (AvgIpc) is 2.94. The number of nitrogens with two attached hydrogens (primary N) is 1. The van der Waals surface area contributed by atoms with Gasteiger partial charge in [0, 0.05) is 18.0 Å². The summed E-state index contributed by atoms with van der Waals surface area (Å²) in [7, 11) is 1.58. The van der Waals surface area contributed by atoms with Gasteiger partial charge in [-0.05, 0) is 25.0 Å². The second-order valence-electron chi connectivity index (χ2n) is 5.18. The van der Waals surface area contributed by atoms with E-state index in [1.54, 1.807) is 25.3 Å². The van der Waals surface area contributed by atoms with Crippen LogP contribution in [0.3, 0.4) is 0 Å². The molecule has 4 heteroatoms. The quantitative estimate of drug-likeness (QED) is 0.883. The van der Waals surface area contributed by atoms with Crippen molar-refractivity contribution in [3.8, 4) is 17.6 Å². The van der Waals surface area contributed by atoms with Crippen LogP contribution in [0.4, 0.5) is 0 Å². The molecule has 0 heterocycles. The molecule has 19 heavy (non-hydrogen) atoms. The van der Waals surface area contributed by atoms with Crippen molar-refractivity contribution >= 4 is 0 Å². The highest BCUT2D eigenvalue weighted by Crippen LogP contribution is 2.38. The van der Waals surface area contributed by atoms with Crippen molar-refractivity contribution in [3.05, 3.63) is 23.8 Å². The van der Waals surface area contributed by atoms with Gasteiger partial charge in [-0.15, -0.1) is 0 Å². The first-order chi connectivity index (χ1) is 9.23. The van der Waals surface area contributed by atoms with E-state index in [4.69, 9.17) is 20.5 Å². The van der Waals surface area contributed by atoms with Crippen LogP contribution < -0.4 is 15.2 Å². The Bertz CT molecular complexity index is 474. The predicted molar refractivity (Wildman–Crippen MR) is 73.2 cm³/mol. The van der Waals surface area contributed by atoms with Crippen molar-refractivity contribution < 1.29 is 9.47 Å². The lowest BCUT2D eigenvalue weighted by atomic mass is 9.87. The standard InChI is InChI=1S/C15H20N2O2/c1-18-14-8-12(9-16)4-5-13(14)19-11-15(10-17)6-2-3-7-15/h4-5,8H,2-3,6-7,10-11,17H2,1H3. The van der Waals surface area contributed by atoms with Crippen LogP contribution in [0, 0.1) is 16.7 Å². The third-order valence-electron chi connectivity index (χ3n) is 3.92. The van der Waals surface area contributed by atoms with Gasteiger partial charge in [0.2, 0.25) is 0 Å². The van der Waals surface area contributed by atoms with E-state index in [1.807, 2.05) is 0 Å². The van der Waals surface area contributed by atoms with E-state index in [1.165, 1.54) is 12.8 Å². The maximum absolute atomic E-state index is 8.87. The zero-order valence-electron chi connectivity index (χ0n) is 11.3. The predicted octanol–water partition coefficient (Wildman–Crippen LogP) is 2.46. The number of hydrogen-bond donors (Lipinski definition) is 1. The topological polar surface area (TPSA) is 68.3 Å². The summed E-state index contributed by atoms with van der Waals surface area (Å²) in [6.07, 6.45) is 4.71. The minimum absolute atomic E-state index is 0.110. The third-order valence-corrected chi connectivity index (χ3v) is 3.92. The first kappa shape index (κ1) is 13.7. The fourth-order valence-corrected chi connectivity index (χ4v) is 2.62. The van der Waals surface area contributed by atoms with Gasteiger partial charge in [0.25, 0.3) is 0 Å². The molecule has 0 radical (unpaired) electrons. The molecule has 0 spiro atoms. The van der Waals surface area contributed by atoms with Gasteiger partial charge in [0.05, 0.1) is 25.3 Å². The molecule has 0 aliphatic heterocycles. The highest BCUT2D eigenvalue weighted by molar-refractivity contribution is 5.46. The van der Waals surface area contributed by atoms with Crippen molar-refractivity contribution in [2.75, 3.05) is 20.3 Å². The summed E-state index contributed by atoms with van der Waals surface area (Å²) < 4.78 is 11.2. The number of hydrogen-bond acceptors (Lipinski definition) is 4. The summed E-state index contributed by atoms with van der Waals surface area (Å²) in [5.74, 6) is 1.28. The van der Waals surface area contributed by atoms with Crippen molar-refractivity contribution in [1.82, 2.24) is 0 Å². The molecule has 1 aromatic carbocycles. The number of nitriles is 1. The Kier molecular flexibility index (Phi) is 4.28. The van der Waals surface area contributed by atoms with Crippen LogP contribution >= 0.6 is 0 Å². The van der Waals surface area contributed by atoms with Crippen molar-refractivity contribution in [2.24, 2.45) is 11.1 Å². The normalized spacial score (nSPS) is 16.9. The van der Waals surface area contributed by atoms with E-state index in [0.29, 0.717) is 30.2 Å². The minimum atomic E-state index is 0.110. The fourth-order valence-electron chi connectivity index (χ4n) is 2.62. The number of ether oxygens (including phenoxy) is 2. The van der Waals surface area contributed by atoms with Crippen LogP contribution in [0.2, 0.25) is 0 Å². The maximum atomic E-state index is 8.87. The first-order valence-electron chi connectivity index (χ1n) is 6.64. The molecular formula is C15H20N2O2. The molecule has 0 aromatic heterocycles. The lowest BCUT2D eigenvalue weighted by Gasteiger charge is -2.27. The molecule has 2 rings (SSSR count). The van der Waals surface area contributed by atoms with Crippen LogP contribution in [0.1, 0.15) is 31.2 Å². The Hall–Kier alpha value is -1.73. The second-order valence-corrected chi connectivity index (χ2v) is 5.18. The van der Waals surface area contributed by atoms with Gasteiger partial charge in [-0.1, -0.05) is 12.8 Å². The highest BCUT2D eigenvalue weighted by Gasteiger charge is 2.33. The average molecular weight is 260 g/mol. The van der Waals surface area contributed by atoms with Crippen molar-refractivity contribution in [1.29, 1.82) is 5.26 Å². The maximum Gasteiger partial charge on any atom is 0.162 e. The minimum Gasteiger partial charge on any atom is -0.493 e. The van der Waals surface area contributed by atoms with Gasteiger partial charge in [0.1, 0.15) is 0 Å². The van der Waals surface area contributed by atoms with Crippen molar-refractivity contribution in [2.45, 2.75) is 25.7 Å². The summed E-state index contributed by atoms with van der Waals surface area (Å²) in [5, 5.41) is 8.87. The molecule has 102 valence electrons. The molecule has 4 nitrogen and oxygen atoms in total. The number of rotatable bonds is 5. The van der Waals surface area contributed by atoms with E-state index >= 15 is 0 Å². The number of benzene rings is 1. The summed E-state index contributed by atoms with van der Waals surface area (Å²) >= 11 is 0. The number of nitrogens with zero attached hydrogens (tertiary/aromatic N) is 1. The van der Waals surface area contributed by atoms with E-state index in [9.17, 15) is 0 Å². The van der Waals surface area contributed by atoms with Gasteiger partial charge in [-0.2, -0.15) is 5.26 Å². The zero-order valence-corrected chi connectivity index (χ0v) is 11.3. The molecule has 0 saturated heterocycles. The molecule has 0 bridgehead atoms. The molecule has 0 unspecified atom stereocenters. The Morgan fingerprint density at radius 2 is 2.05 bits per heavy atom. The van der Waals surface area contributed by atoms with Gasteiger partial charge < -0.3 is 15.2 Å². The van der Waals surface area contributed by atoms with Crippen LogP contribution in [0.25, 0.3) is 0 Å². The van der Waals surface area contributed by atoms with Crippen LogP contribution in [0.15, 0.2) is 18.2 Å². The molecule has 0 atom stereocenters. The van der Waals surface area contributed by atoms with Crippen molar-refractivity contribution in [3.63, 3.8) is 0 Å². The Balaban J connectivity index is 2.09. The van der Waals surface area contributed by atoms with E-state index in [-0.39, 0.29) is 5.41 Å². The SMILES string of the molecule is COc1cc(C#N)ccc1OCC1(CN)CCCC1. The molecule has 1 aromatic rings. The Morgan fingerprint density at radius 3 is 2.63 bits per heavy atom. The second kappa shape index (κ2) is 5.94. The summed E-state index contributed by atoms with van der Waals surface area (Å²) in [5.41, 5.74) is 6.57. The van der Waals surface area contributed by atoms with Gasteiger partial charge >= 0.3 is 0 Å². The van der Waals surface area contributed by atoms with E-state index in [0.717, 1.165) is 12.8 Å². The lowest BCUT2D eigenvalue weighted by Crippen LogP contribution is -2.33. The summed E-state index contributed by atoms with van der Waals surface area (Å²) in [4.78, 5) is 0. The molecule has 2 N–H and O–H groups in total. The van der Waals surface area contributed by atoms with Crippen LogP contribution in [-0.2, 0) is 0 Å². The molecule has 1 aliphatic carbocycles. The summed E-state index contributed by atoms with van der Waals surface area (Å²) in [6.45, 7) is 1.28. The van der Waals surface area contributed by atoms with Gasteiger partial charge in [-0.3, -0.25) is 0 Å². The van der Waals surface area contributed by atoms with Gasteiger partial charge in [0.15, 0.2) is 11.5 Å². The fraction of sp³-hybridized carbons (Fsp3) is 0.533. The smallest absolute Gasteiger partial charge is 0.162 e. The van der Waals surface area contributed by atoms with Crippen LogP contribution in [-0.4, -0.2) is 20.3 Å². The van der Waals surface area contributed by atoms with Gasteiger partial charge in [-0.25, -0.2) is 0 Å². The first-order valence-corrected chi connectivity index (χ1v) is 6.64. The molecule has 1 aliphatic rings. The summed E-state index contributed by atoms with van der Waals surface area (Å²) in [6, 6.07) is 7.31. The number of methoxy groups -OCH3 is 1. The Labute approximate surface area is 114 Å². The third kappa shape index (κ3) is 2.99. The van der Waals surface area contributed by atoms with E-state index < -0.39 is 0 Å². The molecule has 1 fully saturated rings. The molecule has 0 amide bonds. The highest BCUT2D eigenvalue weighted by atomic mass is 16.5. The van der Waals surface area contributed by atoms with E-state index in [2.05, 4.69) is 6.07 Å². The largest absolute Gasteiger partial charge is 0.493 e. The zero-order chi connectivity index (χ0) is 13.7.